The third kappa shape index (κ3) is 5.83. The molecule has 0 aromatic heterocycles. The molecule has 0 radical (unpaired) electrons. The average Bonchev–Trinajstić information content (AvgIpc) is 2.74. The number of nitrogens with zero attached hydrogens (tertiary/aromatic N) is 1. The van der Waals surface area contributed by atoms with E-state index >= 15 is 0 Å². The number of hydrogen-bond donors (Lipinski definition) is 1. The predicted octanol–water partition coefficient (Wildman–Crippen LogP) is 3.62. The molecule has 1 fully saturated rings. The van der Waals surface area contributed by atoms with E-state index in [1.807, 2.05) is 55.5 Å². The number of piperidine rings is 1. The van der Waals surface area contributed by atoms with Crippen LogP contribution in [0.1, 0.15) is 30.4 Å². The topological polar surface area (TPSA) is 75.7 Å². The van der Waals surface area contributed by atoms with Crippen molar-refractivity contribution in [3.8, 4) is 5.75 Å². The Hall–Kier alpha value is -2.38. The maximum Gasteiger partial charge on any atom is 0.228 e. The van der Waals surface area contributed by atoms with E-state index in [1.54, 1.807) is 7.11 Å². The number of aryl methyl sites for hydroxylation is 2. The summed E-state index contributed by atoms with van der Waals surface area (Å²) in [6, 6.07) is 15.5. The highest BCUT2D eigenvalue weighted by molar-refractivity contribution is 7.89. The summed E-state index contributed by atoms with van der Waals surface area (Å²) < 4.78 is 32.5. The highest BCUT2D eigenvalue weighted by Gasteiger charge is 2.32. The number of anilines is 1. The van der Waals surface area contributed by atoms with E-state index in [2.05, 4.69) is 5.32 Å². The van der Waals surface area contributed by atoms with Gasteiger partial charge in [0.05, 0.1) is 24.5 Å². The van der Waals surface area contributed by atoms with Crippen LogP contribution in [0.4, 0.5) is 5.69 Å². The monoisotopic (exact) mass is 430 g/mol. The van der Waals surface area contributed by atoms with E-state index in [4.69, 9.17) is 4.74 Å². The van der Waals surface area contributed by atoms with Crippen LogP contribution in [0.5, 0.6) is 5.75 Å². The van der Waals surface area contributed by atoms with Crippen molar-refractivity contribution in [3.05, 3.63) is 59.7 Å². The van der Waals surface area contributed by atoms with Gasteiger partial charge in [0.1, 0.15) is 5.75 Å². The summed E-state index contributed by atoms with van der Waals surface area (Å²) >= 11 is 0. The summed E-state index contributed by atoms with van der Waals surface area (Å²) in [6.07, 6.45) is 2.65. The van der Waals surface area contributed by atoms with Gasteiger partial charge in [-0.1, -0.05) is 36.4 Å². The Balaban J connectivity index is 1.58. The van der Waals surface area contributed by atoms with Crippen LogP contribution >= 0.6 is 0 Å². The zero-order chi connectivity index (χ0) is 21.6. The number of ether oxygens (including phenoxy) is 1. The van der Waals surface area contributed by atoms with Gasteiger partial charge >= 0.3 is 0 Å². The number of hydrogen-bond acceptors (Lipinski definition) is 4. The molecule has 0 saturated carbocycles. The largest absolute Gasteiger partial charge is 0.495 e. The molecule has 1 N–H and O–H groups in total. The first kappa shape index (κ1) is 22.3. The van der Waals surface area contributed by atoms with Gasteiger partial charge in [-0.25, -0.2) is 12.7 Å². The van der Waals surface area contributed by atoms with Gasteiger partial charge < -0.3 is 10.1 Å². The highest BCUT2D eigenvalue weighted by atomic mass is 32.2. The van der Waals surface area contributed by atoms with Crippen LogP contribution in [0.25, 0.3) is 0 Å². The summed E-state index contributed by atoms with van der Waals surface area (Å²) in [5.74, 6) is 0.160. The molecule has 1 atom stereocenters. The molecular formula is C23H30N2O4S. The number of amides is 1. The average molecular weight is 431 g/mol. The molecule has 3 rings (SSSR count). The van der Waals surface area contributed by atoms with Crippen molar-refractivity contribution in [3.63, 3.8) is 0 Å². The molecule has 2 aromatic carbocycles. The second-order valence-corrected chi connectivity index (χ2v) is 9.88. The van der Waals surface area contributed by atoms with E-state index in [0.717, 1.165) is 17.5 Å². The standard InChI is InChI=1S/C23H30N2O4S/c1-18-12-13-22(29-2)21(16-18)24-23(26)20-11-6-14-25(17-20)30(27,28)15-7-10-19-8-4-3-5-9-19/h3-5,8-9,12-13,16,20H,6-7,10-11,14-15,17H2,1-2H3,(H,24,26)/t20-/m0/s1. The first-order chi connectivity index (χ1) is 14.4. The Kier molecular flexibility index (Phi) is 7.50. The fourth-order valence-electron chi connectivity index (χ4n) is 3.80. The molecule has 1 aliphatic heterocycles. The van der Waals surface area contributed by atoms with Crippen LogP contribution in [0.15, 0.2) is 48.5 Å². The van der Waals surface area contributed by atoms with Crippen molar-refractivity contribution >= 4 is 21.6 Å². The van der Waals surface area contributed by atoms with Crippen molar-refractivity contribution in [1.82, 2.24) is 4.31 Å². The number of methoxy groups -OCH3 is 1. The van der Waals surface area contributed by atoms with E-state index in [0.29, 0.717) is 37.2 Å². The molecule has 162 valence electrons. The minimum absolute atomic E-state index is 0.0991. The number of nitrogens with one attached hydrogen (secondary N) is 1. The lowest BCUT2D eigenvalue weighted by Crippen LogP contribution is -2.44. The van der Waals surface area contributed by atoms with Crippen LogP contribution in [0.2, 0.25) is 0 Å². The zero-order valence-corrected chi connectivity index (χ0v) is 18.5. The van der Waals surface area contributed by atoms with E-state index in [-0.39, 0.29) is 24.1 Å². The van der Waals surface area contributed by atoms with Gasteiger partial charge in [-0.2, -0.15) is 0 Å². The van der Waals surface area contributed by atoms with E-state index in [1.165, 1.54) is 4.31 Å². The minimum atomic E-state index is -3.38. The molecule has 1 heterocycles. The summed E-state index contributed by atoms with van der Waals surface area (Å²) in [5, 5.41) is 2.92. The smallest absolute Gasteiger partial charge is 0.228 e. The molecule has 1 amide bonds. The highest BCUT2D eigenvalue weighted by Crippen LogP contribution is 2.27. The molecule has 0 unspecified atom stereocenters. The Labute approximate surface area is 179 Å². The minimum Gasteiger partial charge on any atom is -0.495 e. The SMILES string of the molecule is COc1ccc(C)cc1NC(=O)[C@H]1CCCN(S(=O)(=O)CCCc2ccccc2)C1. The fraction of sp³-hybridized carbons (Fsp3) is 0.435. The van der Waals surface area contributed by atoms with Crippen LogP contribution in [-0.2, 0) is 21.2 Å². The summed E-state index contributed by atoms with van der Waals surface area (Å²) in [6.45, 7) is 2.65. The van der Waals surface area contributed by atoms with E-state index < -0.39 is 10.0 Å². The quantitative estimate of drug-likeness (QED) is 0.694. The summed E-state index contributed by atoms with van der Waals surface area (Å²) in [4.78, 5) is 12.8. The third-order valence-corrected chi connectivity index (χ3v) is 7.39. The Morgan fingerprint density at radius 3 is 2.70 bits per heavy atom. The van der Waals surface area contributed by atoms with Gasteiger partial charge in [0, 0.05) is 13.1 Å². The van der Waals surface area contributed by atoms with Crippen LogP contribution in [-0.4, -0.2) is 44.6 Å². The molecule has 2 aromatic rings. The van der Waals surface area contributed by atoms with Gasteiger partial charge in [-0.3, -0.25) is 4.79 Å². The molecule has 7 heteroatoms. The van der Waals surface area contributed by atoms with Gasteiger partial charge in [0.15, 0.2) is 0 Å². The number of rotatable bonds is 8. The summed E-state index contributed by atoms with van der Waals surface area (Å²) in [5.41, 5.74) is 2.76. The normalized spacial score (nSPS) is 17.5. The van der Waals surface area contributed by atoms with Crippen LogP contribution in [0.3, 0.4) is 0 Å². The van der Waals surface area contributed by atoms with Gasteiger partial charge in [-0.05, 0) is 55.9 Å². The first-order valence-electron chi connectivity index (χ1n) is 10.4. The van der Waals surface area contributed by atoms with Crippen LogP contribution in [0, 0.1) is 12.8 Å². The molecular weight excluding hydrogens is 400 g/mol. The number of carbonyl (C=O) groups is 1. The summed E-state index contributed by atoms with van der Waals surface area (Å²) in [7, 11) is -1.82. The Morgan fingerprint density at radius 2 is 1.97 bits per heavy atom. The second-order valence-electron chi connectivity index (χ2n) is 7.80. The molecule has 30 heavy (non-hydrogen) atoms. The lowest BCUT2D eigenvalue weighted by atomic mass is 9.98. The maximum absolute atomic E-state index is 12.8. The molecule has 6 nitrogen and oxygen atoms in total. The lowest BCUT2D eigenvalue weighted by Gasteiger charge is -2.31. The van der Waals surface area contributed by atoms with Crippen molar-refractivity contribution in [2.24, 2.45) is 5.92 Å². The molecule has 1 saturated heterocycles. The van der Waals surface area contributed by atoms with Crippen LogP contribution < -0.4 is 10.1 Å². The molecule has 0 bridgehead atoms. The van der Waals surface area contributed by atoms with Gasteiger partial charge in [0.25, 0.3) is 0 Å². The molecule has 0 spiro atoms. The fourth-order valence-corrected chi connectivity index (χ4v) is 5.38. The third-order valence-electron chi connectivity index (χ3n) is 5.47. The number of sulfonamides is 1. The maximum atomic E-state index is 12.8. The predicted molar refractivity (Wildman–Crippen MR) is 119 cm³/mol. The number of carbonyl (C=O) groups excluding carboxylic acids is 1. The Morgan fingerprint density at radius 1 is 1.20 bits per heavy atom. The zero-order valence-electron chi connectivity index (χ0n) is 17.6. The number of benzene rings is 2. The Bertz CT molecular complexity index is 960. The van der Waals surface area contributed by atoms with E-state index in [9.17, 15) is 13.2 Å². The molecule has 1 aliphatic rings. The molecule has 0 aliphatic carbocycles. The van der Waals surface area contributed by atoms with Gasteiger partial charge in [-0.15, -0.1) is 0 Å². The van der Waals surface area contributed by atoms with Crippen molar-refractivity contribution in [2.75, 3.05) is 31.3 Å². The van der Waals surface area contributed by atoms with Crippen molar-refractivity contribution < 1.29 is 17.9 Å². The first-order valence-corrected chi connectivity index (χ1v) is 12.0. The lowest BCUT2D eigenvalue weighted by molar-refractivity contribution is -0.120. The van der Waals surface area contributed by atoms with Gasteiger partial charge in [0.2, 0.25) is 15.9 Å². The van der Waals surface area contributed by atoms with Crippen molar-refractivity contribution in [2.45, 2.75) is 32.6 Å². The second kappa shape index (κ2) is 10.1. The van der Waals surface area contributed by atoms with Crippen molar-refractivity contribution in [1.29, 1.82) is 0 Å².